The number of hydrogen-bond donors (Lipinski definition) is 1. The van der Waals surface area contributed by atoms with E-state index in [1.165, 1.54) is 22.8 Å². The van der Waals surface area contributed by atoms with Gasteiger partial charge in [0.2, 0.25) is 5.95 Å². The van der Waals surface area contributed by atoms with Gasteiger partial charge >= 0.3 is 0 Å². The number of benzene rings is 2. The molecule has 0 fully saturated rings. The second kappa shape index (κ2) is 4.26. The van der Waals surface area contributed by atoms with Crippen molar-refractivity contribution in [3.8, 4) is 5.69 Å². The Hall–Kier alpha value is -2.50. The first kappa shape index (κ1) is 12.5. The molecule has 3 aromatic rings. The maximum atomic E-state index is 13.9. The summed E-state index contributed by atoms with van der Waals surface area (Å²) in [5.74, 6) is -1.85. The van der Waals surface area contributed by atoms with Gasteiger partial charge in [0.1, 0.15) is 17.5 Å². The Balaban J connectivity index is 2.35. The zero-order chi connectivity index (χ0) is 14.4. The van der Waals surface area contributed by atoms with E-state index in [4.69, 9.17) is 5.73 Å². The number of nitrogens with zero attached hydrogens (tertiary/aromatic N) is 2. The van der Waals surface area contributed by atoms with Crippen LogP contribution >= 0.6 is 0 Å². The third kappa shape index (κ3) is 1.80. The predicted molar refractivity (Wildman–Crippen MR) is 70.1 cm³/mol. The van der Waals surface area contributed by atoms with Crippen LogP contribution in [0.2, 0.25) is 0 Å². The van der Waals surface area contributed by atoms with E-state index in [1.807, 2.05) is 0 Å². The number of nitrogen functional groups attached to an aromatic ring is 1. The molecule has 2 N–H and O–H groups in total. The first-order chi connectivity index (χ1) is 9.47. The van der Waals surface area contributed by atoms with Crippen LogP contribution in [0.25, 0.3) is 16.7 Å². The van der Waals surface area contributed by atoms with Crippen molar-refractivity contribution in [3.63, 3.8) is 0 Å². The molecule has 0 amide bonds. The summed E-state index contributed by atoms with van der Waals surface area (Å²) in [4.78, 5) is 4.00. The third-order valence-corrected chi connectivity index (χ3v) is 3.11. The van der Waals surface area contributed by atoms with Crippen molar-refractivity contribution in [2.45, 2.75) is 6.92 Å². The number of imidazole rings is 1. The molecule has 102 valence electrons. The average molecular weight is 277 g/mol. The lowest BCUT2D eigenvalue weighted by atomic mass is 10.2. The quantitative estimate of drug-likeness (QED) is 0.741. The van der Waals surface area contributed by atoms with E-state index in [2.05, 4.69) is 4.98 Å². The molecule has 0 atom stereocenters. The van der Waals surface area contributed by atoms with Gasteiger partial charge in [-0.1, -0.05) is 0 Å². The number of anilines is 1. The maximum Gasteiger partial charge on any atom is 0.206 e. The summed E-state index contributed by atoms with van der Waals surface area (Å²) in [6.07, 6.45) is 0. The van der Waals surface area contributed by atoms with Gasteiger partial charge in [-0.25, -0.2) is 18.2 Å². The summed E-state index contributed by atoms with van der Waals surface area (Å²) in [5.41, 5.74) is 7.00. The van der Waals surface area contributed by atoms with Crippen LogP contribution in [0.3, 0.4) is 0 Å². The second-order valence-electron chi connectivity index (χ2n) is 4.49. The molecule has 3 nitrogen and oxygen atoms in total. The SMILES string of the molecule is Cc1cc2c(cc1F)nc(N)n2-c1ccc(F)cc1F. The lowest BCUT2D eigenvalue weighted by Gasteiger charge is -2.08. The molecule has 1 heterocycles. The Bertz CT molecular complexity index is 824. The first-order valence-electron chi connectivity index (χ1n) is 5.87. The van der Waals surface area contributed by atoms with Crippen molar-refractivity contribution < 1.29 is 13.2 Å². The molecule has 0 spiro atoms. The maximum absolute atomic E-state index is 13.9. The van der Waals surface area contributed by atoms with Crippen LogP contribution in [0.15, 0.2) is 30.3 Å². The Morgan fingerprint density at radius 2 is 1.80 bits per heavy atom. The number of aromatic nitrogens is 2. The number of aryl methyl sites for hydroxylation is 1. The van der Waals surface area contributed by atoms with Crippen molar-refractivity contribution in [1.29, 1.82) is 0 Å². The van der Waals surface area contributed by atoms with Gasteiger partial charge in [0, 0.05) is 12.1 Å². The second-order valence-corrected chi connectivity index (χ2v) is 4.49. The molecule has 3 rings (SSSR count). The van der Waals surface area contributed by atoms with Crippen molar-refractivity contribution in [3.05, 3.63) is 53.3 Å². The molecule has 0 radical (unpaired) electrons. The summed E-state index contributed by atoms with van der Waals surface area (Å²) in [6.45, 7) is 1.59. The van der Waals surface area contributed by atoms with Crippen LogP contribution in [0.4, 0.5) is 19.1 Å². The number of nitrogens with two attached hydrogens (primary N) is 1. The Morgan fingerprint density at radius 1 is 1.05 bits per heavy atom. The topological polar surface area (TPSA) is 43.8 Å². The van der Waals surface area contributed by atoms with Crippen molar-refractivity contribution in [2.75, 3.05) is 5.73 Å². The molecule has 0 saturated carbocycles. The summed E-state index contributed by atoms with van der Waals surface area (Å²) in [7, 11) is 0. The summed E-state index contributed by atoms with van der Waals surface area (Å²) < 4.78 is 41.7. The monoisotopic (exact) mass is 277 g/mol. The van der Waals surface area contributed by atoms with Gasteiger partial charge in [0.15, 0.2) is 0 Å². The highest BCUT2D eigenvalue weighted by atomic mass is 19.1. The van der Waals surface area contributed by atoms with Crippen LogP contribution in [-0.2, 0) is 0 Å². The molecule has 20 heavy (non-hydrogen) atoms. The zero-order valence-corrected chi connectivity index (χ0v) is 10.5. The van der Waals surface area contributed by atoms with Gasteiger partial charge in [-0.2, -0.15) is 0 Å². The Labute approximate surface area is 112 Å². The minimum atomic E-state index is -0.766. The Morgan fingerprint density at radius 3 is 2.50 bits per heavy atom. The first-order valence-corrected chi connectivity index (χ1v) is 5.87. The minimum absolute atomic E-state index is 0.00973. The molecule has 0 aliphatic rings. The van der Waals surface area contributed by atoms with Crippen LogP contribution in [0, 0.1) is 24.4 Å². The van der Waals surface area contributed by atoms with E-state index in [0.29, 0.717) is 16.6 Å². The molecular formula is C14H10F3N3. The van der Waals surface area contributed by atoms with Crippen molar-refractivity contribution >= 4 is 17.0 Å². The molecule has 6 heteroatoms. The highest BCUT2D eigenvalue weighted by molar-refractivity contribution is 5.81. The predicted octanol–water partition coefficient (Wildman–Crippen LogP) is 3.33. The fraction of sp³-hybridized carbons (Fsp3) is 0.0714. The van der Waals surface area contributed by atoms with E-state index < -0.39 is 17.5 Å². The molecule has 1 aromatic heterocycles. The lowest BCUT2D eigenvalue weighted by Crippen LogP contribution is -2.03. The van der Waals surface area contributed by atoms with E-state index in [1.54, 1.807) is 6.92 Å². The van der Waals surface area contributed by atoms with Crippen molar-refractivity contribution in [2.24, 2.45) is 0 Å². The van der Waals surface area contributed by atoms with Gasteiger partial charge in [0.05, 0.1) is 16.7 Å². The minimum Gasteiger partial charge on any atom is -0.369 e. The number of hydrogen-bond acceptors (Lipinski definition) is 2. The van der Waals surface area contributed by atoms with E-state index in [9.17, 15) is 13.2 Å². The fourth-order valence-corrected chi connectivity index (χ4v) is 2.14. The smallest absolute Gasteiger partial charge is 0.206 e. The number of fused-ring (bicyclic) bond motifs is 1. The molecule has 0 saturated heterocycles. The van der Waals surface area contributed by atoms with Gasteiger partial charge < -0.3 is 5.73 Å². The number of halogens is 3. The molecule has 0 aliphatic carbocycles. The number of rotatable bonds is 1. The zero-order valence-electron chi connectivity index (χ0n) is 10.5. The average Bonchev–Trinajstić information content (AvgIpc) is 2.66. The highest BCUT2D eigenvalue weighted by Gasteiger charge is 2.15. The summed E-state index contributed by atoms with van der Waals surface area (Å²) >= 11 is 0. The van der Waals surface area contributed by atoms with Crippen LogP contribution in [0.5, 0.6) is 0 Å². The molecule has 0 aliphatic heterocycles. The standard InChI is InChI=1S/C14H10F3N3/c1-7-4-13-11(6-9(7)16)19-14(18)20(13)12-3-2-8(15)5-10(12)17/h2-6H,1H3,(H2,18,19). The van der Waals surface area contributed by atoms with Gasteiger partial charge in [-0.15, -0.1) is 0 Å². The van der Waals surface area contributed by atoms with Gasteiger partial charge in [-0.05, 0) is 30.7 Å². The molecule has 2 aromatic carbocycles. The Kier molecular flexibility index (Phi) is 2.67. The lowest BCUT2D eigenvalue weighted by molar-refractivity contribution is 0.579. The van der Waals surface area contributed by atoms with E-state index in [0.717, 1.165) is 12.1 Å². The molecule has 0 bridgehead atoms. The summed E-state index contributed by atoms with van der Waals surface area (Å²) in [6, 6.07) is 5.91. The van der Waals surface area contributed by atoms with Crippen LogP contribution in [-0.4, -0.2) is 9.55 Å². The fourth-order valence-electron chi connectivity index (χ4n) is 2.14. The van der Waals surface area contributed by atoms with E-state index in [-0.39, 0.29) is 11.6 Å². The normalized spacial score (nSPS) is 11.2. The van der Waals surface area contributed by atoms with Crippen LogP contribution < -0.4 is 5.73 Å². The highest BCUT2D eigenvalue weighted by Crippen LogP contribution is 2.27. The van der Waals surface area contributed by atoms with Crippen molar-refractivity contribution in [1.82, 2.24) is 9.55 Å². The van der Waals surface area contributed by atoms with Crippen LogP contribution in [0.1, 0.15) is 5.56 Å². The molecular weight excluding hydrogens is 267 g/mol. The largest absolute Gasteiger partial charge is 0.369 e. The third-order valence-electron chi connectivity index (χ3n) is 3.11. The van der Waals surface area contributed by atoms with Gasteiger partial charge in [0.25, 0.3) is 0 Å². The van der Waals surface area contributed by atoms with Gasteiger partial charge in [-0.3, -0.25) is 4.57 Å². The molecule has 0 unspecified atom stereocenters. The summed E-state index contributed by atoms with van der Waals surface area (Å²) in [5, 5.41) is 0. The van der Waals surface area contributed by atoms with E-state index >= 15 is 0 Å².